The molecule has 0 unspecified atom stereocenters. The summed E-state index contributed by atoms with van der Waals surface area (Å²) in [5.74, 6) is 0.556. The summed E-state index contributed by atoms with van der Waals surface area (Å²) < 4.78 is 0. The van der Waals surface area contributed by atoms with Gasteiger partial charge in [-0.2, -0.15) is 4.80 Å². The molecule has 0 atom stereocenters. The number of piperidine rings is 2. The number of nitrogens with zero attached hydrogens (tertiary/aromatic N) is 6. The Balaban J connectivity index is 1.37. The van der Waals surface area contributed by atoms with Crippen molar-refractivity contribution in [3.05, 3.63) is 23.8 Å². The summed E-state index contributed by atoms with van der Waals surface area (Å²) in [6.45, 7) is 6.07. The molecule has 0 saturated carbocycles. The average molecular weight is 384 g/mol. The monoisotopic (exact) mass is 383 g/mol. The van der Waals surface area contributed by atoms with Gasteiger partial charge in [-0.15, -0.1) is 10.2 Å². The summed E-state index contributed by atoms with van der Waals surface area (Å²) in [7, 11) is 1.74. The molecule has 2 amide bonds. The predicted octanol–water partition coefficient (Wildman–Crippen LogP) is 2.67. The van der Waals surface area contributed by atoms with Crippen LogP contribution in [0.3, 0.4) is 0 Å². The van der Waals surface area contributed by atoms with Crippen LogP contribution in [0.2, 0.25) is 0 Å². The number of hydrogen-bond acceptors (Lipinski definition) is 5. The fraction of sp³-hybridized carbons (Fsp3) is 0.600. The zero-order valence-electron chi connectivity index (χ0n) is 16.8. The van der Waals surface area contributed by atoms with E-state index in [0.717, 1.165) is 42.7 Å². The SMILES string of the molecule is Cc1ccc(-c2nnn(C)n2)cc1NC(=O)N1CCC(N2CCCCC2)CC1. The molecule has 2 fully saturated rings. The Morgan fingerprint density at radius 3 is 2.54 bits per heavy atom. The van der Waals surface area contributed by atoms with Crippen molar-refractivity contribution in [1.82, 2.24) is 30.0 Å². The van der Waals surface area contributed by atoms with Gasteiger partial charge in [0.15, 0.2) is 0 Å². The van der Waals surface area contributed by atoms with Crippen LogP contribution >= 0.6 is 0 Å². The smallest absolute Gasteiger partial charge is 0.321 e. The highest BCUT2D eigenvalue weighted by Gasteiger charge is 2.27. The minimum atomic E-state index is -0.0237. The molecule has 2 aliphatic heterocycles. The first-order chi connectivity index (χ1) is 13.6. The molecule has 150 valence electrons. The van der Waals surface area contributed by atoms with Crippen LogP contribution in [-0.4, -0.2) is 68.3 Å². The zero-order valence-corrected chi connectivity index (χ0v) is 16.8. The average Bonchev–Trinajstić information content (AvgIpc) is 3.17. The number of aromatic nitrogens is 4. The second kappa shape index (κ2) is 8.26. The quantitative estimate of drug-likeness (QED) is 0.881. The second-order valence-electron chi connectivity index (χ2n) is 7.88. The Hall–Kier alpha value is -2.48. The normalized spacial score (nSPS) is 19.0. The number of hydrogen-bond donors (Lipinski definition) is 1. The van der Waals surface area contributed by atoms with Crippen molar-refractivity contribution in [2.75, 3.05) is 31.5 Å². The summed E-state index contributed by atoms with van der Waals surface area (Å²) >= 11 is 0. The molecular formula is C20H29N7O. The summed E-state index contributed by atoms with van der Waals surface area (Å²) in [5, 5.41) is 15.3. The van der Waals surface area contributed by atoms with Crippen molar-refractivity contribution in [3.8, 4) is 11.4 Å². The Morgan fingerprint density at radius 1 is 1.11 bits per heavy atom. The van der Waals surface area contributed by atoms with Gasteiger partial charge < -0.3 is 15.1 Å². The minimum Gasteiger partial charge on any atom is -0.324 e. The van der Waals surface area contributed by atoms with E-state index in [-0.39, 0.29) is 6.03 Å². The maximum absolute atomic E-state index is 12.8. The number of urea groups is 1. The lowest BCUT2D eigenvalue weighted by Gasteiger charge is -2.40. The molecular weight excluding hydrogens is 354 g/mol. The minimum absolute atomic E-state index is 0.0237. The molecule has 8 heteroatoms. The summed E-state index contributed by atoms with van der Waals surface area (Å²) in [4.78, 5) is 18.8. The highest BCUT2D eigenvalue weighted by molar-refractivity contribution is 5.91. The molecule has 1 N–H and O–H groups in total. The van der Waals surface area contributed by atoms with Crippen LogP contribution in [0.1, 0.15) is 37.7 Å². The van der Waals surface area contributed by atoms with Crippen LogP contribution in [0.4, 0.5) is 10.5 Å². The van der Waals surface area contributed by atoms with Gasteiger partial charge in [0.1, 0.15) is 0 Å². The lowest BCUT2D eigenvalue weighted by Crippen LogP contribution is -2.49. The van der Waals surface area contributed by atoms with E-state index in [2.05, 4.69) is 25.6 Å². The van der Waals surface area contributed by atoms with Gasteiger partial charge >= 0.3 is 6.03 Å². The van der Waals surface area contributed by atoms with Gasteiger partial charge in [0.05, 0.1) is 7.05 Å². The van der Waals surface area contributed by atoms with Gasteiger partial charge in [-0.3, -0.25) is 0 Å². The Morgan fingerprint density at radius 2 is 1.86 bits per heavy atom. The molecule has 28 heavy (non-hydrogen) atoms. The topological polar surface area (TPSA) is 79.2 Å². The number of nitrogens with one attached hydrogen (secondary N) is 1. The van der Waals surface area contributed by atoms with Crippen LogP contribution in [0.15, 0.2) is 18.2 Å². The van der Waals surface area contributed by atoms with Crippen LogP contribution in [0, 0.1) is 6.92 Å². The number of carbonyl (C=O) groups is 1. The van der Waals surface area contributed by atoms with E-state index in [1.807, 2.05) is 30.0 Å². The third-order valence-corrected chi connectivity index (χ3v) is 5.90. The summed E-state index contributed by atoms with van der Waals surface area (Å²) in [6, 6.07) is 6.46. The standard InChI is InChI=1S/C20H29N7O/c1-15-6-7-16(19-22-24-25(2)23-19)14-18(15)21-20(28)27-12-8-17(9-13-27)26-10-4-3-5-11-26/h6-7,14,17H,3-5,8-13H2,1-2H3,(H,21,28). The Labute approximate surface area is 165 Å². The zero-order chi connectivity index (χ0) is 19.5. The van der Waals surface area contributed by atoms with E-state index in [1.165, 1.54) is 37.1 Å². The van der Waals surface area contributed by atoms with Crippen molar-refractivity contribution in [3.63, 3.8) is 0 Å². The predicted molar refractivity (Wildman–Crippen MR) is 108 cm³/mol. The van der Waals surface area contributed by atoms with E-state index in [0.29, 0.717) is 11.9 Å². The van der Waals surface area contributed by atoms with Gasteiger partial charge in [-0.1, -0.05) is 18.6 Å². The number of tetrazole rings is 1. The summed E-state index contributed by atoms with van der Waals surface area (Å²) in [5.41, 5.74) is 2.66. The van der Waals surface area contributed by atoms with E-state index in [4.69, 9.17) is 0 Å². The van der Waals surface area contributed by atoms with Crippen molar-refractivity contribution in [2.45, 2.75) is 45.1 Å². The van der Waals surface area contributed by atoms with E-state index in [1.54, 1.807) is 7.05 Å². The Kier molecular flexibility index (Phi) is 5.57. The highest BCUT2D eigenvalue weighted by Crippen LogP contribution is 2.24. The molecule has 3 heterocycles. The van der Waals surface area contributed by atoms with Crippen LogP contribution in [0.25, 0.3) is 11.4 Å². The maximum Gasteiger partial charge on any atom is 0.321 e. The van der Waals surface area contributed by atoms with E-state index < -0.39 is 0 Å². The molecule has 0 bridgehead atoms. The van der Waals surface area contributed by atoms with Crippen molar-refractivity contribution in [1.29, 1.82) is 0 Å². The number of rotatable bonds is 3. The second-order valence-corrected chi connectivity index (χ2v) is 7.88. The van der Waals surface area contributed by atoms with Gasteiger partial charge in [-0.25, -0.2) is 4.79 Å². The molecule has 2 aromatic rings. The first-order valence-corrected chi connectivity index (χ1v) is 10.2. The van der Waals surface area contributed by atoms with Gasteiger partial charge in [0.25, 0.3) is 0 Å². The molecule has 0 radical (unpaired) electrons. The van der Waals surface area contributed by atoms with E-state index in [9.17, 15) is 4.79 Å². The lowest BCUT2D eigenvalue weighted by atomic mass is 10.00. The molecule has 0 spiro atoms. The van der Waals surface area contributed by atoms with Crippen molar-refractivity contribution >= 4 is 11.7 Å². The van der Waals surface area contributed by atoms with Gasteiger partial charge in [-0.05, 0) is 62.5 Å². The number of likely N-dealkylation sites (tertiary alicyclic amines) is 2. The van der Waals surface area contributed by atoms with Crippen LogP contribution in [-0.2, 0) is 7.05 Å². The fourth-order valence-corrected chi connectivity index (χ4v) is 4.21. The largest absolute Gasteiger partial charge is 0.324 e. The molecule has 2 saturated heterocycles. The third-order valence-electron chi connectivity index (χ3n) is 5.90. The third kappa shape index (κ3) is 4.16. The number of aryl methyl sites for hydroxylation is 2. The van der Waals surface area contributed by atoms with E-state index >= 15 is 0 Å². The van der Waals surface area contributed by atoms with Crippen LogP contribution in [0.5, 0.6) is 0 Å². The highest BCUT2D eigenvalue weighted by atomic mass is 16.2. The molecule has 4 rings (SSSR count). The number of amides is 2. The first-order valence-electron chi connectivity index (χ1n) is 10.2. The molecule has 2 aliphatic rings. The van der Waals surface area contributed by atoms with Gasteiger partial charge in [0, 0.05) is 30.4 Å². The van der Waals surface area contributed by atoms with Crippen LogP contribution < -0.4 is 5.32 Å². The summed E-state index contributed by atoms with van der Waals surface area (Å²) in [6.07, 6.45) is 6.13. The Bertz CT molecular complexity index is 820. The molecule has 8 nitrogen and oxygen atoms in total. The van der Waals surface area contributed by atoms with Gasteiger partial charge in [0.2, 0.25) is 5.82 Å². The fourth-order valence-electron chi connectivity index (χ4n) is 4.21. The molecule has 1 aromatic carbocycles. The maximum atomic E-state index is 12.8. The number of benzene rings is 1. The molecule has 1 aromatic heterocycles. The number of anilines is 1. The number of carbonyl (C=O) groups excluding carboxylic acids is 1. The van der Waals surface area contributed by atoms with Crippen molar-refractivity contribution in [2.24, 2.45) is 7.05 Å². The lowest BCUT2D eigenvalue weighted by molar-refractivity contribution is 0.104. The van der Waals surface area contributed by atoms with Crippen molar-refractivity contribution < 1.29 is 4.79 Å². The first kappa shape index (κ1) is 18.9. The molecule has 0 aliphatic carbocycles.